The van der Waals surface area contributed by atoms with E-state index in [9.17, 15) is 26.4 Å². The van der Waals surface area contributed by atoms with E-state index in [1.807, 2.05) is 0 Å². The van der Waals surface area contributed by atoms with Gasteiger partial charge >= 0.3 is 6.18 Å². The molecule has 0 bridgehead atoms. The smallest absolute Gasteiger partial charge is 0.417 e. The van der Waals surface area contributed by atoms with Gasteiger partial charge in [0.15, 0.2) is 6.39 Å². The molecule has 0 radical (unpaired) electrons. The Hall–Kier alpha value is -2.56. The van der Waals surface area contributed by atoms with E-state index in [4.69, 9.17) is 27.6 Å². The summed E-state index contributed by atoms with van der Waals surface area (Å²) >= 11 is 11.4. The van der Waals surface area contributed by atoms with Crippen molar-refractivity contribution in [3.63, 3.8) is 0 Å². The maximum absolute atomic E-state index is 13.0. The van der Waals surface area contributed by atoms with Crippen molar-refractivity contribution in [3.05, 3.63) is 75.9 Å². The number of hydrogen-bond acceptors (Lipinski definition) is 5. The highest BCUT2D eigenvalue weighted by molar-refractivity contribution is 7.92. The van der Waals surface area contributed by atoms with E-state index >= 15 is 0 Å². The van der Waals surface area contributed by atoms with E-state index in [0.29, 0.717) is 6.07 Å². The third-order valence-electron chi connectivity index (χ3n) is 3.69. The van der Waals surface area contributed by atoms with E-state index in [0.717, 1.165) is 24.8 Å². The molecule has 0 aliphatic heterocycles. The quantitative estimate of drug-likeness (QED) is 0.534. The lowest BCUT2D eigenvalue weighted by molar-refractivity contribution is -0.137. The van der Waals surface area contributed by atoms with Crippen molar-refractivity contribution in [2.45, 2.75) is 11.1 Å². The summed E-state index contributed by atoms with van der Waals surface area (Å²) in [4.78, 5) is 15.6. The van der Waals surface area contributed by atoms with Gasteiger partial charge in [0.25, 0.3) is 10.0 Å². The van der Waals surface area contributed by atoms with Crippen LogP contribution in [0.3, 0.4) is 0 Å². The zero-order valence-electron chi connectivity index (χ0n) is 14.0. The lowest BCUT2D eigenvalue weighted by Gasteiger charge is -2.14. The number of sulfonamides is 1. The van der Waals surface area contributed by atoms with E-state index in [1.165, 1.54) is 18.2 Å². The summed E-state index contributed by atoms with van der Waals surface area (Å²) in [5, 5.41) is -0.518. The molecule has 0 fully saturated rings. The molecule has 3 aromatic rings. The van der Waals surface area contributed by atoms with E-state index in [2.05, 4.69) is 9.71 Å². The van der Waals surface area contributed by atoms with Crippen LogP contribution >= 0.6 is 23.2 Å². The molecule has 0 aliphatic carbocycles. The first-order valence-electron chi connectivity index (χ1n) is 7.61. The van der Waals surface area contributed by atoms with Crippen molar-refractivity contribution in [2.75, 3.05) is 4.72 Å². The lowest BCUT2D eigenvalue weighted by atomic mass is 10.1. The number of nitrogens with one attached hydrogen (secondary N) is 1. The van der Waals surface area contributed by atoms with Crippen LogP contribution in [0.5, 0.6) is 0 Å². The topological polar surface area (TPSA) is 89.3 Å². The first kappa shape index (κ1) is 21.2. The summed E-state index contributed by atoms with van der Waals surface area (Å²) in [6.45, 7) is 0. The Bertz CT molecular complexity index is 1180. The van der Waals surface area contributed by atoms with Crippen molar-refractivity contribution < 1.29 is 30.8 Å². The van der Waals surface area contributed by atoms with Crippen LogP contribution in [0.4, 0.5) is 18.9 Å². The minimum atomic E-state index is -4.85. The van der Waals surface area contributed by atoms with Crippen LogP contribution in [0.15, 0.2) is 58.4 Å². The molecule has 6 nitrogen and oxygen atoms in total. The lowest BCUT2D eigenvalue weighted by Crippen LogP contribution is -2.17. The third kappa shape index (κ3) is 4.55. The van der Waals surface area contributed by atoms with Gasteiger partial charge in [-0.25, -0.2) is 13.4 Å². The molecule has 0 aliphatic rings. The summed E-state index contributed by atoms with van der Waals surface area (Å²) in [5.41, 5.74) is -1.79. The fourth-order valence-electron chi connectivity index (χ4n) is 2.35. The first-order valence-corrected chi connectivity index (χ1v) is 9.85. The van der Waals surface area contributed by atoms with Gasteiger partial charge in [-0.1, -0.05) is 23.2 Å². The molecular formula is C17H9Cl2F3N2O4S. The molecule has 1 heterocycles. The summed E-state index contributed by atoms with van der Waals surface area (Å²) in [6, 6.07) is 5.84. The van der Waals surface area contributed by atoms with E-state index < -0.39 is 37.5 Å². The maximum Gasteiger partial charge on any atom is 0.417 e. The van der Waals surface area contributed by atoms with Crippen LogP contribution in [0.2, 0.25) is 10.0 Å². The second-order valence-electron chi connectivity index (χ2n) is 5.64. The summed E-state index contributed by atoms with van der Waals surface area (Å²) in [6.07, 6.45) is -2.79. The van der Waals surface area contributed by atoms with Gasteiger partial charge in [0.05, 0.1) is 21.2 Å². The van der Waals surface area contributed by atoms with Crippen molar-refractivity contribution in [1.82, 2.24) is 4.98 Å². The van der Waals surface area contributed by atoms with E-state index in [-0.39, 0.29) is 22.0 Å². The highest BCUT2D eigenvalue weighted by atomic mass is 35.5. The predicted octanol–water partition coefficient (Wildman–Crippen LogP) is 5.03. The molecule has 12 heteroatoms. The molecule has 1 N–H and O–H groups in total. The molecule has 29 heavy (non-hydrogen) atoms. The number of carbonyl (C=O) groups is 1. The molecule has 0 saturated heterocycles. The molecule has 0 amide bonds. The number of anilines is 1. The Morgan fingerprint density at radius 1 is 1.10 bits per heavy atom. The third-order valence-corrected chi connectivity index (χ3v) is 5.62. The normalized spacial score (nSPS) is 12.0. The molecule has 1 aromatic heterocycles. The Balaban J connectivity index is 2.03. The Morgan fingerprint density at radius 3 is 2.45 bits per heavy atom. The fraction of sp³-hybridized carbons (Fsp3) is 0.0588. The molecule has 2 aromatic carbocycles. The second kappa shape index (κ2) is 7.69. The summed E-state index contributed by atoms with van der Waals surface area (Å²) in [7, 11) is -4.50. The number of benzene rings is 2. The van der Waals surface area contributed by atoms with Crippen LogP contribution in [0.25, 0.3) is 0 Å². The van der Waals surface area contributed by atoms with Crippen molar-refractivity contribution in [1.29, 1.82) is 0 Å². The predicted molar refractivity (Wildman–Crippen MR) is 98.7 cm³/mol. The van der Waals surface area contributed by atoms with Crippen LogP contribution in [0, 0.1) is 0 Å². The molecule has 0 atom stereocenters. The summed E-state index contributed by atoms with van der Waals surface area (Å²) in [5.74, 6) is -0.703. The average molecular weight is 465 g/mol. The molecule has 3 rings (SSSR count). The molecule has 0 saturated carbocycles. The summed E-state index contributed by atoms with van der Waals surface area (Å²) < 4.78 is 71.2. The van der Waals surface area contributed by atoms with Gasteiger partial charge in [-0.2, -0.15) is 13.2 Å². The standard InChI is InChI=1S/C17H9Cl2F3N2O4S/c18-9-1-4-14(11(5-9)16(25)15-7-28-8-23-15)24-29(26,27)10-2-3-13(19)12(6-10)17(20,21)22/h1-8,24H. The van der Waals surface area contributed by atoms with Crippen LogP contribution < -0.4 is 4.72 Å². The SMILES string of the molecule is O=C(c1cocn1)c1cc(Cl)ccc1NS(=O)(=O)c1ccc(Cl)c(C(F)(F)F)c1. The van der Waals surface area contributed by atoms with Crippen LogP contribution in [-0.4, -0.2) is 19.2 Å². The second-order valence-corrected chi connectivity index (χ2v) is 8.16. The number of carbonyl (C=O) groups excluding carboxylic acids is 1. The highest BCUT2D eigenvalue weighted by Crippen LogP contribution is 2.36. The van der Waals surface area contributed by atoms with Gasteiger partial charge in [0, 0.05) is 10.6 Å². The number of aromatic nitrogens is 1. The zero-order valence-corrected chi connectivity index (χ0v) is 16.3. The average Bonchev–Trinajstić information content (AvgIpc) is 3.16. The number of ketones is 1. The van der Waals surface area contributed by atoms with Crippen molar-refractivity contribution in [2.24, 2.45) is 0 Å². The first-order chi connectivity index (χ1) is 13.5. The van der Waals surface area contributed by atoms with Gasteiger partial charge in [-0.05, 0) is 36.4 Å². The number of alkyl halides is 3. The fourth-order valence-corrected chi connectivity index (χ4v) is 3.85. The van der Waals surface area contributed by atoms with Crippen LogP contribution in [0.1, 0.15) is 21.6 Å². The van der Waals surface area contributed by atoms with Gasteiger partial charge < -0.3 is 4.42 Å². The van der Waals surface area contributed by atoms with E-state index in [1.54, 1.807) is 0 Å². The number of halogens is 5. The molecule has 0 spiro atoms. The number of hydrogen-bond donors (Lipinski definition) is 1. The Labute approximate surface area is 172 Å². The van der Waals surface area contributed by atoms with Gasteiger partial charge in [0.1, 0.15) is 12.0 Å². The largest absolute Gasteiger partial charge is 0.451 e. The molecular weight excluding hydrogens is 456 g/mol. The van der Waals surface area contributed by atoms with Gasteiger partial charge in [-0.15, -0.1) is 0 Å². The zero-order chi connectivity index (χ0) is 21.4. The highest BCUT2D eigenvalue weighted by Gasteiger charge is 2.34. The van der Waals surface area contributed by atoms with Crippen molar-refractivity contribution in [3.8, 4) is 0 Å². The number of nitrogens with zero attached hydrogens (tertiary/aromatic N) is 1. The Kier molecular flexibility index (Phi) is 5.61. The maximum atomic E-state index is 13.0. The molecule has 152 valence electrons. The van der Waals surface area contributed by atoms with Crippen molar-refractivity contribution >= 4 is 44.7 Å². The molecule has 0 unspecified atom stereocenters. The van der Waals surface area contributed by atoms with Gasteiger partial charge in [-0.3, -0.25) is 9.52 Å². The van der Waals surface area contributed by atoms with Gasteiger partial charge in [0.2, 0.25) is 5.78 Å². The van der Waals surface area contributed by atoms with Crippen LogP contribution in [-0.2, 0) is 16.2 Å². The minimum Gasteiger partial charge on any atom is -0.451 e. The minimum absolute atomic E-state index is 0.112. The number of oxazole rings is 1. The number of rotatable bonds is 5. The Morgan fingerprint density at radius 2 is 1.83 bits per heavy atom. The monoisotopic (exact) mass is 464 g/mol.